The van der Waals surface area contributed by atoms with Crippen LogP contribution in [0.3, 0.4) is 0 Å². The number of carbonyl (C=O) groups is 1. The summed E-state index contributed by atoms with van der Waals surface area (Å²) in [7, 11) is 1.35. The van der Waals surface area contributed by atoms with Gasteiger partial charge >= 0.3 is 5.97 Å². The molecule has 0 saturated heterocycles. The van der Waals surface area contributed by atoms with E-state index in [0.29, 0.717) is 24.1 Å². The average molecular weight is 866 g/mol. The lowest BCUT2D eigenvalue weighted by atomic mass is 10.0. The molecule has 0 amide bonds. The van der Waals surface area contributed by atoms with Crippen molar-refractivity contribution < 1.29 is 37.3 Å². The van der Waals surface area contributed by atoms with Crippen LogP contribution in [0.25, 0.3) is 0 Å². The Morgan fingerprint density at radius 1 is 0.517 bits per heavy atom. The van der Waals surface area contributed by atoms with Crippen molar-refractivity contribution in [1.82, 2.24) is 0 Å². The lowest BCUT2D eigenvalue weighted by Crippen LogP contribution is -2.37. The standard InChI is InChI=1S/C51H96NO7P/c1-6-8-10-12-14-16-18-20-22-23-24-25-26-27-28-29-30-32-34-36-38-40-42-44-51(53)59-50(49-58-60(54,55)57-47-45-52(3,4)5)48-56-46-43-41-39-37-35-33-31-21-19-17-15-13-11-9-7-2/h13,15,18-21,23-24,50H,6-12,14,16-17,22,25-49H2,1-5H3/b15-13-,20-18-,21-19-,24-23-. The molecule has 8 nitrogen and oxygen atoms in total. The molecule has 0 bridgehead atoms. The minimum atomic E-state index is -4.53. The van der Waals surface area contributed by atoms with Crippen molar-refractivity contribution in [1.29, 1.82) is 0 Å². The van der Waals surface area contributed by atoms with E-state index in [2.05, 4.69) is 62.5 Å². The van der Waals surface area contributed by atoms with Gasteiger partial charge < -0.3 is 27.9 Å². The van der Waals surface area contributed by atoms with Crippen LogP contribution in [0.4, 0.5) is 0 Å². The molecule has 0 rings (SSSR count). The van der Waals surface area contributed by atoms with E-state index in [1.807, 2.05) is 21.1 Å². The first-order chi connectivity index (χ1) is 29.1. The number of hydrogen-bond acceptors (Lipinski definition) is 7. The molecular formula is C51H96NO7P. The number of unbranched alkanes of at least 4 members (excludes halogenated alkanes) is 24. The van der Waals surface area contributed by atoms with Crippen molar-refractivity contribution in [3.8, 4) is 0 Å². The monoisotopic (exact) mass is 866 g/mol. The van der Waals surface area contributed by atoms with Gasteiger partial charge in [-0.2, -0.15) is 0 Å². The molecule has 0 spiro atoms. The van der Waals surface area contributed by atoms with Gasteiger partial charge in [0.15, 0.2) is 0 Å². The van der Waals surface area contributed by atoms with E-state index in [0.717, 1.165) is 57.8 Å². The quantitative estimate of drug-likeness (QED) is 0.0198. The molecule has 0 saturated carbocycles. The highest BCUT2D eigenvalue weighted by Gasteiger charge is 2.20. The van der Waals surface area contributed by atoms with E-state index in [-0.39, 0.29) is 25.8 Å². The summed E-state index contributed by atoms with van der Waals surface area (Å²) in [5.41, 5.74) is 0. The Hall–Kier alpha value is -1.54. The Bertz CT molecular complexity index is 1100. The second-order valence-corrected chi connectivity index (χ2v) is 19.2. The third kappa shape index (κ3) is 47.5. The molecule has 2 atom stereocenters. The number of carbonyl (C=O) groups excluding carboxylic acids is 1. The smallest absolute Gasteiger partial charge is 0.306 e. The summed E-state index contributed by atoms with van der Waals surface area (Å²) in [6.07, 6.45) is 54.1. The number of nitrogens with zero attached hydrogens (tertiary/aromatic N) is 1. The van der Waals surface area contributed by atoms with Gasteiger partial charge in [0.1, 0.15) is 19.3 Å². The van der Waals surface area contributed by atoms with E-state index in [1.54, 1.807) is 0 Å². The van der Waals surface area contributed by atoms with Gasteiger partial charge in [-0.15, -0.1) is 0 Å². The molecule has 0 aliphatic rings. The number of hydrogen-bond donors (Lipinski definition) is 0. The maximum absolute atomic E-state index is 12.7. The second kappa shape index (κ2) is 44.1. The third-order valence-corrected chi connectivity index (χ3v) is 11.6. The fraction of sp³-hybridized carbons (Fsp3) is 0.824. The van der Waals surface area contributed by atoms with Crippen LogP contribution in [0.1, 0.15) is 213 Å². The first-order valence-corrected chi connectivity index (χ1v) is 26.3. The molecule has 60 heavy (non-hydrogen) atoms. The average Bonchev–Trinajstić information content (AvgIpc) is 3.20. The number of likely N-dealkylation sites (N-methyl/N-ethyl adjacent to an activating group) is 1. The van der Waals surface area contributed by atoms with E-state index in [1.165, 1.54) is 135 Å². The van der Waals surface area contributed by atoms with Crippen LogP contribution in [0.5, 0.6) is 0 Å². The molecule has 0 aliphatic carbocycles. The molecule has 0 radical (unpaired) electrons. The Kier molecular flexibility index (Phi) is 43.0. The minimum absolute atomic E-state index is 0.0225. The predicted molar refractivity (Wildman–Crippen MR) is 254 cm³/mol. The number of rotatable bonds is 46. The predicted octanol–water partition coefficient (Wildman–Crippen LogP) is 14.5. The highest BCUT2D eigenvalue weighted by Crippen LogP contribution is 2.38. The molecule has 0 aromatic heterocycles. The van der Waals surface area contributed by atoms with E-state index < -0.39 is 13.9 Å². The molecule has 0 aromatic carbocycles. The summed E-state index contributed by atoms with van der Waals surface area (Å²) in [4.78, 5) is 25.1. The van der Waals surface area contributed by atoms with Crippen LogP contribution in [0.2, 0.25) is 0 Å². The number of phosphoric acid groups is 1. The highest BCUT2D eigenvalue weighted by molar-refractivity contribution is 7.45. The van der Waals surface area contributed by atoms with E-state index in [9.17, 15) is 14.3 Å². The Morgan fingerprint density at radius 2 is 0.933 bits per heavy atom. The van der Waals surface area contributed by atoms with Crippen molar-refractivity contribution in [3.05, 3.63) is 48.6 Å². The molecule has 0 fully saturated rings. The van der Waals surface area contributed by atoms with Crippen molar-refractivity contribution >= 4 is 13.8 Å². The fourth-order valence-corrected chi connectivity index (χ4v) is 7.44. The van der Waals surface area contributed by atoms with E-state index >= 15 is 0 Å². The van der Waals surface area contributed by atoms with Gasteiger partial charge in [0.2, 0.25) is 0 Å². The van der Waals surface area contributed by atoms with Crippen LogP contribution >= 0.6 is 7.82 Å². The Labute approximate surface area is 371 Å². The number of esters is 1. The summed E-state index contributed by atoms with van der Waals surface area (Å²) in [6, 6.07) is 0. The first kappa shape index (κ1) is 58.5. The number of quaternary nitrogens is 1. The molecule has 0 aliphatic heterocycles. The van der Waals surface area contributed by atoms with Gasteiger partial charge in [-0.05, 0) is 70.6 Å². The Morgan fingerprint density at radius 3 is 1.40 bits per heavy atom. The van der Waals surface area contributed by atoms with Crippen molar-refractivity contribution in [2.75, 3.05) is 54.1 Å². The van der Waals surface area contributed by atoms with E-state index in [4.69, 9.17) is 18.5 Å². The second-order valence-electron chi connectivity index (χ2n) is 17.8. The largest absolute Gasteiger partial charge is 0.756 e. The van der Waals surface area contributed by atoms with Crippen LogP contribution in [-0.2, 0) is 27.9 Å². The van der Waals surface area contributed by atoms with Crippen LogP contribution in [0, 0.1) is 0 Å². The minimum Gasteiger partial charge on any atom is -0.756 e. The summed E-state index contributed by atoms with van der Waals surface area (Å²) < 4.78 is 34.7. The maximum atomic E-state index is 12.7. The van der Waals surface area contributed by atoms with Gasteiger partial charge in [-0.25, -0.2) is 0 Å². The topological polar surface area (TPSA) is 94.1 Å². The zero-order valence-corrected chi connectivity index (χ0v) is 40.8. The normalized spacial score (nSPS) is 14.0. The molecule has 352 valence electrons. The van der Waals surface area contributed by atoms with Crippen LogP contribution in [0.15, 0.2) is 48.6 Å². The van der Waals surface area contributed by atoms with Gasteiger partial charge in [0.25, 0.3) is 7.82 Å². The zero-order chi connectivity index (χ0) is 44.1. The molecular weight excluding hydrogens is 770 g/mol. The van der Waals surface area contributed by atoms with Crippen molar-refractivity contribution in [2.45, 2.75) is 219 Å². The molecule has 0 N–H and O–H groups in total. The fourth-order valence-electron chi connectivity index (χ4n) is 6.71. The van der Waals surface area contributed by atoms with Gasteiger partial charge in [-0.3, -0.25) is 9.36 Å². The number of allylic oxidation sites excluding steroid dienone is 8. The number of phosphoric ester groups is 1. The summed E-state index contributed by atoms with van der Waals surface area (Å²) >= 11 is 0. The Balaban J connectivity index is 4.14. The van der Waals surface area contributed by atoms with Crippen LogP contribution in [-0.4, -0.2) is 70.7 Å². The zero-order valence-electron chi connectivity index (χ0n) is 39.9. The molecule has 0 heterocycles. The van der Waals surface area contributed by atoms with Gasteiger partial charge in [0, 0.05) is 13.0 Å². The lowest BCUT2D eigenvalue weighted by Gasteiger charge is -2.28. The SMILES string of the molecule is CCCC/C=C\C/C=C\CCCCCCCCOCC(COP(=O)([O-])OCC[N+](C)(C)C)OC(=O)CCCCCCCCCCCCC/C=C\C/C=C\CCCCCCC. The number of ether oxygens (including phenoxy) is 2. The molecule has 0 aromatic rings. The first-order valence-electron chi connectivity index (χ1n) is 24.9. The van der Waals surface area contributed by atoms with Crippen LogP contribution < -0.4 is 4.89 Å². The summed E-state index contributed by atoms with van der Waals surface area (Å²) in [6.45, 7) is 5.35. The van der Waals surface area contributed by atoms with Gasteiger partial charge in [-0.1, -0.05) is 184 Å². The highest BCUT2D eigenvalue weighted by atomic mass is 31.2. The summed E-state index contributed by atoms with van der Waals surface area (Å²) in [5, 5.41) is 0. The molecule has 2 unspecified atom stereocenters. The van der Waals surface area contributed by atoms with Gasteiger partial charge in [0.05, 0.1) is 34.4 Å². The maximum Gasteiger partial charge on any atom is 0.306 e. The van der Waals surface area contributed by atoms with Crippen molar-refractivity contribution in [3.63, 3.8) is 0 Å². The molecule has 9 heteroatoms. The summed E-state index contributed by atoms with van der Waals surface area (Å²) in [5.74, 6) is -0.340. The van der Waals surface area contributed by atoms with Crippen molar-refractivity contribution in [2.24, 2.45) is 0 Å². The lowest BCUT2D eigenvalue weighted by molar-refractivity contribution is -0.870. The third-order valence-electron chi connectivity index (χ3n) is 10.6.